The molecule has 1 heterocycles. The number of sulfonamides is 1. The third-order valence-electron chi connectivity index (χ3n) is 3.16. The summed E-state index contributed by atoms with van der Waals surface area (Å²) in [7, 11) is -3.67. The highest BCUT2D eigenvalue weighted by atomic mass is 32.2. The molecule has 1 aromatic heterocycles. The molecule has 2 rings (SSSR count). The molecule has 8 nitrogen and oxygen atoms in total. The molecule has 0 aliphatic carbocycles. The highest BCUT2D eigenvalue weighted by Crippen LogP contribution is 2.16. The Labute approximate surface area is 146 Å². The first-order valence-electron chi connectivity index (χ1n) is 7.60. The lowest BCUT2D eigenvalue weighted by atomic mass is 10.3. The van der Waals surface area contributed by atoms with Gasteiger partial charge in [0.1, 0.15) is 5.75 Å². The lowest BCUT2D eigenvalue weighted by molar-refractivity contribution is -0.122. The molecule has 0 fully saturated rings. The van der Waals surface area contributed by atoms with Gasteiger partial charge in [-0.15, -0.1) is 0 Å². The fourth-order valence-corrected chi connectivity index (χ4v) is 3.03. The quantitative estimate of drug-likeness (QED) is 0.634. The van der Waals surface area contributed by atoms with Crippen LogP contribution in [0.2, 0.25) is 0 Å². The summed E-state index contributed by atoms with van der Waals surface area (Å²) in [6.45, 7) is 1.92. The highest BCUT2D eigenvalue weighted by Gasteiger charge is 2.17. The molecule has 1 aromatic carbocycles. The van der Waals surface area contributed by atoms with Crippen molar-refractivity contribution in [3.05, 3.63) is 48.8 Å². The second kappa shape index (κ2) is 8.56. The Morgan fingerprint density at radius 3 is 2.80 bits per heavy atom. The van der Waals surface area contributed by atoms with Crippen molar-refractivity contribution in [2.45, 2.75) is 17.9 Å². The zero-order valence-electron chi connectivity index (χ0n) is 13.7. The van der Waals surface area contributed by atoms with E-state index in [-0.39, 0.29) is 18.0 Å². The van der Waals surface area contributed by atoms with Gasteiger partial charge in [-0.05, 0) is 37.3 Å². The van der Waals surface area contributed by atoms with Gasteiger partial charge in [0.05, 0.1) is 11.1 Å². The van der Waals surface area contributed by atoms with Gasteiger partial charge in [-0.1, -0.05) is 6.07 Å². The van der Waals surface area contributed by atoms with E-state index in [1.165, 1.54) is 18.3 Å². The minimum atomic E-state index is -3.67. The molecule has 1 atom stereocenters. The molecule has 2 aromatic rings. The SMILES string of the molecule is CC(Oc1cccnc1)C(=O)Nc1cccc(S(=O)(=O)NCCN)c1. The molecule has 9 heteroatoms. The summed E-state index contributed by atoms with van der Waals surface area (Å²) in [5.41, 5.74) is 5.65. The van der Waals surface area contributed by atoms with Crippen molar-refractivity contribution in [1.29, 1.82) is 0 Å². The van der Waals surface area contributed by atoms with Crippen LogP contribution in [0.25, 0.3) is 0 Å². The normalized spacial score (nSPS) is 12.4. The number of hydrogen-bond acceptors (Lipinski definition) is 6. The molecule has 0 aliphatic heterocycles. The van der Waals surface area contributed by atoms with Crippen molar-refractivity contribution in [1.82, 2.24) is 9.71 Å². The van der Waals surface area contributed by atoms with E-state index in [1.807, 2.05) is 0 Å². The average molecular weight is 364 g/mol. The van der Waals surface area contributed by atoms with Crippen molar-refractivity contribution in [2.24, 2.45) is 5.73 Å². The van der Waals surface area contributed by atoms with E-state index in [1.54, 1.807) is 37.4 Å². The van der Waals surface area contributed by atoms with Gasteiger partial charge in [-0.25, -0.2) is 13.1 Å². The Morgan fingerprint density at radius 2 is 2.12 bits per heavy atom. The minimum Gasteiger partial charge on any atom is -0.479 e. The van der Waals surface area contributed by atoms with E-state index in [2.05, 4.69) is 15.0 Å². The fraction of sp³-hybridized carbons (Fsp3) is 0.250. The van der Waals surface area contributed by atoms with Gasteiger partial charge >= 0.3 is 0 Å². The third kappa shape index (κ3) is 5.52. The average Bonchev–Trinajstić information content (AvgIpc) is 2.61. The number of nitrogens with two attached hydrogens (primary N) is 1. The van der Waals surface area contributed by atoms with Crippen LogP contribution >= 0.6 is 0 Å². The first-order chi connectivity index (χ1) is 11.9. The number of carbonyl (C=O) groups is 1. The Morgan fingerprint density at radius 1 is 1.32 bits per heavy atom. The van der Waals surface area contributed by atoms with Gasteiger partial charge in [0.15, 0.2) is 6.10 Å². The van der Waals surface area contributed by atoms with Gasteiger partial charge in [-0.3, -0.25) is 9.78 Å². The van der Waals surface area contributed by atoms with Gasteiger partial charge in [-0.2, -0.15) is 0 Å². The number of ether oxygens (including phenoxy) is 1. The van der Waals surface area contributed by atoms with Crippen LogP contribution in [0, 0.1) is 0 Å². The van der Waals surface area contributed by atoms with Crippen LogP contribution in [0.3, 0.4) is 0 Å². The van der Waals surface area contributed by atoms with E-state index in [9.17, 15) is 13.2 Å². The predicted molar refractivity (Wildman–Crippen MR) is 93.6 cm³/mol. The molecule has 25 heavy (non-hydrogen) atoms. The molecule has 0 bridgehead atoms. The lowest BCUT2D eigenvalue weighted by Crippen LogP contribution is -2.31. The smallest absolute Gasteiger partial charge is 0.265 e. The zero-order valence-corrected chi connectivity index (χ0v) is 14.5. The maximum atomic E-state index is 12.2. The molecular formula is C16H20N4O4S. The molecular weight excluding hydrogens is 344 g/mol. The van der Waals surface area contributed by atoms with Gasteiger partial charge in [0.25, 0.3) is 5.91 Å². The number of nitrogens with zero attached hydrogens (tertiary/aromatic N) is 1. The second-order valence-corrected chi connectivity index (χ2v) is 6.92. The van der Waals surface area contributed by atoms with Crippen molar-refractivity contribution >= 4 is 21.6 Å². The number of carbonyl (C=O) groups excluding carboxylic acids is 1. The Balaban J connectivity index is 2.05. The van der Waals surface area contributed by atoms with Crippen LogP contribution in [-0.2, 0) is 14.8 Å². The molecule has 1 unspecified atom stereocenters. The van der Waals surface area contributed by atoms with Crippen LogP contribution in [-0.4, -0.2) is 38.5 Å². The maximum absolute atomic E-state index is 12.2. The van der Waals surface area contributed by atoms with Crippen LogP contribution in [0.1, 0.15) is 6.92 Å². The first-order valence-corrected chi connectivity index (χ1v) is 9.08. The van der Waals surface area contributed by atoms with Gasteiger partial charge in [0, 0.05) is 25.0 Å². The summed E-state index contributed by atoms with van der Waals surface area (Å²) < 4.78 is 32.0. The van der Waals surface area contributed by atoms with Crippen LogP contribution < -0.4 is 20.5 Å². The molecule has 0 saturated heterocycles. The largest absolute Gasteiger partial charge is 0.479 e. The molecule has 0 spiro atoms. The van der Waals surface area contributed by atoms with E-state index in [0.717, 1.165) is 0 Å². The maximum Gasteiger partial charge on any atom is 0.265 e. The first kappa shape index (κ1) is 18.8. The van der Waals surface area contributed by atoms with E-state index >= 15 is 0 Å². The number of rotatable bonds is 8. The highest BCUT2D eigenvalue weighted by molar-refractivity contribution is 7.89. The Bertz CT molecular complexity index is 812. The number of anilines is 1. The predicted octanol–water partition coefficient (Wildman–Crippen LogP) is 0.725. The monoisotopic (exact) mass is 364 g/mol. The number of aromatic nitrogens is 1. The van der Waals surface area contributed by atoms with Gasteiger partial charge in [0.2, 0.25) is 10.0 Å². The number of benzene rings is 1. The minimum absolute atomic E-state index is 0.0413. The molecule has 0 radical (unpaired) electrons. The van der Waals surface area contributed by atoms with Crippen molar-refractivity contribution in [3.63, 3.8) is 0 Å². The summed E-state index contributed by atoms with van der Waals surface area (Å²) in [5, 5.41) is 2.63. The number of nitrogens with one attached hydrogen (secondary N) is 2. The summed E-state index contributed by atoms with van der Waals surface area (Å²) in [6, 6.07) is 9.32. The number of pyridine rings is 1. The summed E-state index contributed by atoms with van der Waals surface area (Å²) >= 11 is 0. The Hall–Kier alpha value is -2.49. The van der Waals surface area contributed by atoms with Crippen LogP contribution in [0.5, 0.6) is 5.75 Å². The third-order valence-corrected chi connectivity index (χ3v) is 4.62. The summed E-state index contributed by atoms with van der Waals surface area (Å²) in [6.07, 6.45) is 2.32. The van der Waals surface area contributed by atoms with Crippen molar-refractivity contribution in [3.8, 4) is 5.75 Å². The zero-order chi connectivity index (χ0) is 18.3. The number of hydrogen-bond donors (Lipinski definition) is 3. The van der Waals surface area contributed by atoms with E-state index < -0.39 is 22.0 Å². The van der Waals surface area contributed by atoms with E-state index in [0.29, 0.717) is 11.4 Å². The fourth-order valence-electron chi connectivity index (χ4n) is 1.94. The van der Waals surface area contributed by atoms with Gasteiger partial charge < -0.3 is 15.8 Å². The summed E-state index contributed by atoms with van der Waals surface area (Å²) in [5.74, 6) is 0.0563. The molecule has 1 amide bonds. The Kier molecular flexibility index (Phi) is 6.45. The van der Waals surface area contributed by atoms with Crippen LogP contribution in [0.15, 0.2) is 53.7 Å². The molecule has 134 valence electrons. The number of amides is 1. The van der Waals surface area contributed by atoms with Crippen LogP contribution in [0.4, 0.5) is 5.69 Å². The lowest BCUT2D eigenvalue weighted by Gasteiger charge is -2.15. The van der Waals surface area contributed by atoms with Crippen molar-refractivity contribution in [2.75, 3.05) is 18.4 Å². The molecule has 0 saturated carbocycles. The molecule has 0 aliphatic rings. The summed E-state index contributed by atoms with van der Waals surface area (Å²) in [4.78, 5) is 16.2. The molecule has 4 N–H and O–H groups in total. The van der Waals surface area contributed by atoms with Crippen molar-refractivity contribution < 1.29 is 17.9 Å². The second-order valence-electron chi connectivity index (χ2n) is 5.15. The van der Waals surface area contributed by atoms with E-state index in [4.69, 9.17) is 10.5 Å². The standard InChI is InChI=1S/C16H20N4O4S/c1-12(24-14-5-3-8-18-11-14)16(21)20-13-4-2-6-15(10-13)25(22,23)19-9-7-17/h2-6,8,10-12,19H,7,9,17H2,1H3,(H,20,21). The topological polar surface area (TPSA) is 123 Å².